The van der Waals surface area contributed by atoms with Crippen molar-refractivity contribution >= 4 is 22.6 Å². The molecule has 0 radical (unpaired) electrons. The van der Waals surface area contributed by atoms with Crippen LogP contribution in [-0.4, -0.2) is 5.11 Å². The van der Waals surface area contributed by atoms with Crippen molar-refractivity contribution in [2.24, 2.45) is 0 Å². The number of benzene rings is 1. The Morgan fingerprint density at radius 3 is 2.54 bits per heavy atom. The quantitative estimate of drug-likeness (QED) is 0.505. The van der Waals surface area contributed by atoms with Crippen LogP contribution in [-0.2, 0) is 0 Å². The first kappa shape index (κ1) is 10.6. The van der Waals surface area contributed by atoms with Gasteiger partial charge in [-0.3, -0.25) is 0 Å². The molecule has 1 unspecified atom stereocenters. The molecule has 70 valence electrons. The highest BCUT2D eigenvalue weighted by Crippen LogP contribution is 2.23. The van der Waals surface area contributed by atoms with Crippen LogP contribution in [0.1, 0.15) is 11.7 Å². The number of aliphatic hydroxyl groups excluding tert-OH is 1. The van der Waals surface area contributed by atoms with E-state index in [9.17, 15) is 13.9 Å². The van der Waals surface area contributed by atoms with E-state index in [0.717, 1.165) is 6.08 Å². The standard InChI is InChI=1S/C9H7F2IO/c1-2-7(13)5-3-4-6(12)9(11)8(5)10/h2-4,7,13H,1H2. The molecule has 1 rings (SSSR count). The third-order valence-electron chi connectivity index (χ3n) is 1.61. The van der Waals surface area contributed by atoms with Crippen LogP contribution in [0.2, 0.25) is 0 Å². The molecule has 1 aromatic carbocycles. The van der Waals surface area contributed by atoms with Crippen molar-refractivity contribution in [1.29, 1.82) is 0 Å². The van der Waals surface area contributed by atoms with Gasteiger partial charge in [0.25, 0.3) is 0 Å². The lowest BCUT2D eigenvalue weighted by Crippen LogP contribution is -2.01. The SMILES string of the molecule is C=CC(O)c1ccc(I)c(F)c1F. The molecule has 1 aromatic rings. The minimum Gasteiger partial charge on any atom is -0.384 e. The molecule has 4 heteroatoms. The molecule has 0 aromatic heterocycles. The summed E-state index contributed by atoms with van der Waals surface area (Å²) in [4.78, 5) is 0. The van der Waals surface area contributed by atoms with Crippen LogP contribution in [0.3, 0.4) is 0 Å². The third-order valence-corrected chi connectivity index (χ3v) is 2.44. The van der Waals surface area contributed by atoms with Gasteiger partial charge in [0.2, 0.25) is 0 Å². The minimum atomic E-state index is -1.16. The Morgan fingerprint density at radius 1 is 1.38 bits per heavy atom. The molecule has 0 aliphatic heterocycles. The maximum atomic E-state index is 13.1. The van der Waals surface area contributed by atoms with Crippen LogP contribution < -0.4 is 0 Å². The molecule has 0 spiro atoms. The lowest BCUT2D eigenvalue weighted by Gasteiger charge is -2.07. The molecular formula is C9H7F2IO. The number of hydrogen-bond donors (Lipinski definition) is 1. The summed E-state index contributed by atoms with van der Waals surface area (Å²) in [5.74, 6) is -1.95. The average molecular weight is 296 g/mol. The molecule has 13 heavy (non-hydrogen) atoms. The number of halogens is 3. The third kappa shape index (κ3) is 2.05. The summed E-state index contributed by atoms with van der Waals surface area (Å²) in [5, 5.41) is 9.20. The number of hydrogen-bond acceptors (Lipinski definition) is 1. The van der Waals surface area contributed by atoms with Crippen molar-refractivity contribution in [3.63, 3.8) is 0 Å². The molecule has 1 N–H and O–H groups in total. The van der Waals surface area contributed by atoms with Gasteiger partial charge >= 0.3 is 0 Å². The van der Waals surface area contributed by atoms with E-state index in [1.165, 1.54) is 12.1 Å². The van der Waals surface area contributed by atoms with Crippen LogP contribution in [0.25, 0.3) is 0 Å². The normalized spacial score (nSPS) is 12.6. The van der Waals surface area contributed by atoms with Gasteiger partial charge in [-0.2, -0.15) is 0 Å². The Bertz CT molecular complexity index is 339. The minimum absolute atomic E-state index is 0.0899. The van der Waals surface area contributed by atoms with E-state index < -0.39 is 17.7 Å². The van der Waals surface area contributed by atoms with E-state index in [1.807, 2.05) is 0 Å². The molecule has 1 atom stereocenters. The second-order valence-corrected chi connectivity index (χ2v) is 3.61. The van der Waals surface area contributed by atoms with Gasteiger partial charge in [0, 0.05) is 5.56 Å². The Labute approximate surface area is 88.2 Å². The number of aliphatic hydroxyl groups is 1. The fourth-order valence-corrected chi connectivity index (χ4v) is 1.31. The van der Waals surface area contributed by atoms with E-state index >= 15 is 0 Å². The highest BCUT2D eigenvalue weighted by molar-refractivity contribution is 14.1. The summed E-state index contributed by atoms with van der Waals surface area (Å²) in [7, 11) is 0. The Balaban J connectivity index is 3.25. The summed E-state index contributed by atoms with van der Waals surface area (Å²) < 4.78 is 26.3. The van der Waals surface area contributed by atoms with E-state index in [-0.39, 0.29) is 9.13 Å². The lowest BCUT2D eigenvalue weighted by molar-refractivity contribution is 0.222. The van der Waals surface area contributed by atoms with Crippen LogP contribution in [0, 0.1) is 15.2 Å². The van der Waals surface area contributed by atoms with E-state index in [4.69, 9.17) is 0 Å². The van der Waals surface area contributed by atoms with Gasteiger partial charge in [-0.25, -0.2) is 8.78 Å². The van der Waals surface area contributed by atoms with Crippen molar-refractivity contribution in [2.75, 3.05) is 0 Å². The van der Waals surface area contributed by atoms with Gasteiger partial charge in [-0.1, -0.05) is 12.1 Å². The summed E-state index contributed by atoms with van der Waals surface area (Å²) >= 11 is 1.68. The molecule has 0 fully saturated rings. The molecule has 0 aliphatic rings. The largest absolute Gasteiger partial charge is 0.384 e. The Hall–Kier alpha value is -0.490. The molecule has 0 saturated heterocycles. The summed E-state index contributed by atoms with van der Waals surface area (Å²) in [5.41, 5.74) is -0.0899. The Kier molecular flexibility index (Phi) is 3.38. The van der Waals surface area contributed by atoms with Crippen molar-refractivity contribution < 1.29 is 13.9 Å². The van der Waals surface area contributed by atoms with Gasteiger partial charge in [0.15, 0.2) is 11.6 Å². The van der Waals surface area contributed by atoms with Gasteiger partial charge < -0.3 is 5.11 Å². The van der Waals surface area contributed by atoms with Crippen LogP contribution in [0.15, 0.2) is 24.8 Å². The molecule has 0 aliphatic carbocycles. The van der Waals surface area contributed by atoms with Crippen LogP contribution in [0.5, 0.6) is 0 Å². The molecule has 0 bridgehead atoms. The van der Waals surface area contributed by atoms with Crippen molar-refractivity contribution in [3.05, 3.63) is 45.6 Å². The molecular weight excluding hydrogens is 289 g/mol. The molecule has 0 heterocycles. The number of rotatable bonds is 2. The first-order valence-corrected chi connectivity index (χ1v) is 4.59. The fraction of sp³-hybridized carbons (Fsp3) is 0.111. The predicted octanol–water partition coefficient (Wildman–Crippen LogP) is 2.79. The van der Waals surface area contributed by atoms with Gasteiger partial charge in [-0.05, 0) is 28.7 Å². The second kappa shape index (κ2) is 4.15. The molecule has 1 nitrogen and oxygen atoms in total. The van der Waals surface area contributed by atoms with Gasteiger partial charge in [-0.15, -0.1) is 6.58 Å². The van der Waals surface area contributed by atoms with Gasteiger partial charge in [0.1, 0.15) is 0 Å². The highest BCUT2D eigenvalue weighted by atomic mass is 127. The Morgan fingerprint density at radius 2 is 2.00 bits per heavy atom. The smallest absolute Gasteiger partial charge is 0.172 e. The van der Waals surface area contributed by atoms with Crippen LogP contribution >= 0.6 is 22.6 Å². The molecule has 0 saturated carbocycles. The average Bonchev–Trinajstić information content (AvgIpc) is 2.13. The zero-order chi connectivity index (χ0) is 10.0. The summed E-state index contributed by atoms with van der Waals surface area (Å²) in [6.45, 7) is 3.29. The highest BCUT2D eigenvalue weighted by Gasteiger charge is 2.15. The first-order chi connectivity index (χ1) is 6.07. The predicted molar refractivity (Wildman–Crippen MR) is 54.2 cm³/mol. The maximum absolute atomic E-state index is 13.1. The lowest BCUT2D eigenvalue weighted by atomic mass is 10.1. The van der Waals surface area contributed by atoms with E-state index in [2.05, 4.69) is 6.58 Å². The topological polar surface area (TPSA) is 20.2 Å². The second-order valence-electron chi connectivity index (χ2n) is 2.45. The summed E-state index contributed by atoms with van der Waals surface area (Å²) in [6, 6.07) is 2.74. The zero-order valence-corrected chi connectivity index (χ0v) is 8.76. The van der Waals surface area contributed by atoms with E-state index in [1.54, 1.807) is 22.6 Å². The fourth-order valence-electron chi connectivity index (χ4n) is 0.896. The van der Waals surface area contributed by atoms with Crippen molar-refractivity contribution in [1.82, 2.24) is 0 Å². The van der Waals surface area contributed by atoms with Gasteiger partial charge in [0.05, 0.1) is 9.67 Å². The first-order valence-electron chi connectivity index (χ1n) is 3.52. The summed E-state index contributed by atoms with van der Waals surface area (Å²) in [6.07, 6.45) is -0.0171. The molecule has 0 amide bonds. The van der Waals surface area contributed by atoms with Crippen LogP contribution in [0.4, 0.5) is 8.78 Å². The monoisotopic (exact) mass is 296 g/mol. The zero-order valence-electron chi connectivity index (χ0n) is 6.60. The van der Waals surface area contributed by atoms with Crippen molar-refractivity contribution in [3.8, 4) is 0 Å². The maximum Gasteiger partial charge on any atom is 0.172 e. The van der Waals surface area contributed by atoms with E-state index in [0.29, 0.717) is 0 Å². The van der Waals surface area contributed by atoms with Crippen molar-refractivity contribution in [2.45, 2.75) is 6.10 Å².